The second-order valence-electron chi connectivity index (χ2n) is 4.37. The lowest BCUT2D eigenvalue weighted by Gasteiger charge is -2.48. The zero-order valence-corrected chi connectivity index (χ0v) is 8.47. The minimum absolute atomic E-state index is 0.0988. The van der Waals surface area contributed by atoms with E-state index >= 15 is 0 Å². The summed E-state index contributed by atoms with van der Waals surface area (Å²) in [5, 5.41) is 9.53. The summed E-state index contributed by atoms with van der Waals surface area (Å²) in [5.41, 5.74) is -0.143. The summed E-state index contributed by atoms with van der Waals surface area (Å²) in [5.74, 6) is 0.775. The van der Waals surface area contributed by atoms with Crippen molar-refractivity contribution in [2.75, 3.05) is 0 Å². The number of aliphatic hydroxyl groups is 1. The molecule has 0 spiro atoms. The molecule has 0 aliphatic heterocycles. The van der Waals surface area contributed by atoms with E-state index in [-0.39, 0.29) is 17.6 Å². The first-order chi connectivity index (χ1) is 6.60. The Morgan fingerprint density at radius 2 is 2.36 bits per heavy atom. The number of pyridine rings is 1. The van der Waals surface area contributed by atoms with Crippen LogP contribution in [0.5, 0.6) is 5.75 Å². The van der Waals surface area contributed by atoms with Crippen molar-refractivity contribution in [2.45, 2.75) is 32.5 Å². The van der Waals surface area contributed by atoms with Gasteiger partial charge in [-0.1, -0.05) is 13.8 Å². The summed E-state index contributed by atoms with van der Waals surface area (Å²) in [7, 11) is 0. The maximum atomic E-state index is 9.53. The van der Waals surface area contributed by atoms with Gasteiger partial charge in [-0.25, -0.2) is 0 Å². The van der Waals surface area contributed by atoms with Gasteiger partial charge in [0.2, 0.25) is 0 Å². The summed E-state index contributed by atoms with van der Waals surface area (Å²) in [6, 6.07) is 3.73. The van der Waals surface area contributed by atoms with Crippen molar-refractivity contribution < 1.29 is 9.84 Å². The fourth-order valence-corrected chi connectivity index (χ4v) is 1.65. The number of nitrogens with zero attached hydrogens (tertiary/aromatic N) is 1. The fourth-order valence-electron chi connectivity index (χ4n) is 1.65. The maximum absolute atomic E-state index is 9.53. The standard InChI is InChI=1S/C11H15NO2/c1-11(2)9(13)6-10(11)14-8-4-3-5-12-7-8/h3-5,7,9-10,13H,6H2,1-2H3. The Hall–Kier alpha value is -1.09. The Balaban J connectivity index is 2.01. The molecule has 1 saturated carbocycles. The molecule has 1 aromatic heterocycles. The van der Waals surface area contributed by atoms with Gasteiger partial charge in [-0.05, 0) is 12.1 Å². The van der Waals surface area contributed by atoms with Gasteiger partial charge in [-0.3, -0.25) is 4.98 Å². The van der Waals surface area contributed by atoms with Crippen LogP contribution in [0.15, 0.2) is 24.5 Å². The van der Waals surface area contributed by atoms with Crippen LogP contribution in [0.1, 0.15) is 20.3 Å². The van der Waals surface area contributed by atoms with Crippen molar-refractivity contribution in [3.8, 4) is 5.75 Å². The molecular weight excluding hydrogens is 178 g/mol. The van der Waals surface area contributed by atoms with Crippen molar-refractivity contribution in [3.05, 3.63) is 24.5 Å². The molecule has 1 aliphatic rings. The number of rotatable bonds is 2. The van der Waals surface area contributed by atoms with E-state index in [0.29, 0.717) is 6.42 Å². The van der Waals surface area contributed by atoms with Gasteiger partial charge in [0, 0.05) is 18.0 Å². The number of aliphatic hydroxyl groups excluding tert-OH is 1. The van der Waals surface area contributed by atoms with Crippen LogP contribution < -0.4 is 4.74 Å². The van der Waals surface area contributed by atoms with Gasteiger partial charge in [-0.15, -0.1) is 0 Å². The zero-order chi connectivity index (χ0) is 10.2. The van der Waals surface area contributed by atoms with Crippen LogP contribution in [0.4, 0.5) is 0 Å². The quantitative estimate of drug-likeness (QED) is 0.776. The van der Waals surface area contributed by atoms with Gasteiger partial charge in [0.15, 0.2) is 0 Å². The lowest BCUT2D eigenvalue weighted by atomic mass is 9.66. The highest BCUT2D eigenvalue weighted by Crippen LogP contribution is 2.42. The molecule has 2 rings (SSSR count). The number of hydrogen-bond acceptors (Lipinski definition) is 3. The summed E-state index contributed by atoms with van der Waals surface area (Å²) in [6.07, 6.45) is 3.97. The number of ether oxygens (including phenoxy) is 1. The van der Waals surface area contributed by atoms with Crippen LogP contribution in [0.3, 0.4) is 0 Å². The second-order valence-corrected chi connectivity index (χ2v) is 4.37. The SMILES string of the molecule is CC1(C)C(O)CC1Oc1cccnc1. The number of aromatic nitrogens is 1. The lowest BCUT2D eigenvalue weighted by Crippen LogP contribution is -2.56. The van der Waals surface area contributed by atoms with Crippen molar-refractivity contribution in [1.29, 1.82) is 0 Å². The molecule has 1 aromatic rings. The highest BCUT2D eigenvalue weighted by atomic mass is 16.5. The van der Waals surface area contributed by atoms with E-state index < -0.39 is 0 Å². The Bertz CT molecular complexity index is 310. The minimum Gasteiger partial charge on any atom is -0.488 e. The molecule has 2 unspecified atom stereocenters. The van der Waals surface area contributed by atoms with Crippen molar-refractivity contribution in [3.63, 3.8) is 0 Å². The monoisotopic (exact) mass is 193 g/mol. The summed E-state index contributed by atoms with van der Waals surface area (Å²) in [6.45, 7) is 4.03. The Kier molecular flexibility index (Phi) is 2.19. The largest absolute Gasteiger partial charge is 0.488 e. The van der Waals surface area contributed by atoms with Crippen LogP contribution in [0, 0.1) is 5.41 Å². The van der Waals surface area contributed by atoms with E-state index in [1.807, 2.05) is 26.0 Å². The van der Waals surface area contributed by atoms with Gasteiger partial charge in [0.1, 0.15) is 11.9 Å². The third-order valence-electron chi connectivity index (χ3n) is 3.04. The molecule has 0 radical (unpaired) electrons. The van der Waals surface area contributed by atoms with Gasteiger partial charge < -0.3 is 9.84 Å². The Morgan fingerprint density at radius 1 is 1.57 bits per heavy atom. The Labute approximate surface area is 83.7 Å². The smallest absolute Gasteiger partial charge is 0.138 e. The summed E-state index contributed by atoms with van der Waals surface area (Å²) in [4.78, 5) is 3.98. The first kappa shape index (κ1) is 9.46. The van der Waals surface area contributed by atoms with Gasteiger partial charge in [0.05, 0.1) is 12.3 Å². The molecule has 76 valence electrons. The molecule has 1 aliphatic carbocycles. The molecule has 1 fully saturated rings. The molecule has 0 bridgehead atoms. The third kappa shape index (κ3) is 1.48. The van der Waals surface area contributed by atoms with Gasteiger partial charge in [-0.2, -0.15) is 0 Å². The van der Waals surface area contributed by atoms with E-state index in [2.05, 4.69) is 4.98 Å². The second kappa shape index (κ2) is 3.24. The number of hydrogen-bond donors (Lipinski definition) is 1. The normalized spacial score (nSPS) is 29.4. The van der Waals surface area contributed by atoms with Crippen LogP contribution in [0.25, 0.3) is 0 Å². The zero-order valence-electron chi connectivity index (χ0n) is 8.47. The van der Waals surface area contributed by atoms with Crippen LogP contribution in [0.2, 0.25) is 0 Å². The minimum atomic E-state index is -0.246. The van der Waals surface area contributed by atoms with Gasteiger partial charge in [0.25, 0.3) is 0 Å². The van der Waals surface area contributed by atoms with E-state index in [9.17, 15) is 5.11 Å². The average Bonchev–Trinajstić information content (AvgIpc) is 2.19. The van der Waals surface area contributed by atoms with Crippen LogP contribution >= 0.6 is 0 Å². The first-order valence-electron chi connectivity index (χ1n) is 4.85. The van der Waals surface area contributed by atoms with Crippen molar-refractivity contribution in [1.82, 2.24) is 4.98 Å². The molecule has 3 heteroatoms. The van der Waals surface area contributed by atoms with E-state index in [1.165, 1.54) is 0 Å². The molecule has 0 aromatic carbocycles. The predicted octanol–water partition coefficient (Wildman–Crippen LogP) is 1.62. The van der Waals surface area contributed by atoms with Crippen LogP contribution in [-0.2, 0) is 0 Å². The molecule has 1 N–H and O–H groups in total. The molecule has 0 amide bonds. The lowest BCUT2D eigenvalue weighted by molar-refractivity contribution is -0.134. The molecular formula is C11H15NO2. The first-order valence-corrected chi connectivity index (χ1v) is 4.85. The van der Waals surface area contributed by atoms with Crippen molar-refractivity contribution in [2.24, 2.45) is 5.41 Å². The molecule has 2 atom stereocenters. The molecule has 3 nitrogen and oxygen atoms in total. The Morgan fingerprint density at radius 3 is 2.86 bits per heavy atom. The third-order valence-corrected chi connectivity index (χ3v) is 3.04. The predicted molar refractivity (Wildman–Crippen MR) is 53.1 cm³/mol. The van der Waals surface area contributed by atoms with Crippen molar-refractivity contribution >= 4 is 0 Å². The topological polar surface area (TPSA) is 42.4 Å². The van der Waals surface area contributed by atoms with E-state index in [4.69, 9.17) is 4.74 Å². The highest BCUT2D eigenvalue weighted by molar-refractivity contribution is 5.17. The van der Waals surface area contributed by atoms with E-state index in [0.717, 1.165) is 5.75 Å². The van der Waals surface area contributed by atoms with E-state index in [1.54, 1.807) is 12.4 Å². The molecule has 14 heavy (non-hydrogen) atoms. The highest BCUT2D eigenvalue weighted by Gasteiger charge is 2.49. The summed E-state index contributed by atoms with van der Waals surface area (Å²) >= 11 is 0. The van der Waals surface area contributed by atoms with Gasteiger partial charge >= 0.3 is 0 Å². The fraction of sp³-hybridized carbons (Fsp3) is 0.545. The summed E-state index contributed by atoms with van der Waals surface area (Å²) < 4.78 is 5.71. The molecule has 1 heterocycles. The molecule has 0 saturated heterocycles. The average molecular weight is 193 g/mol. The maximum Gasteiger partial charge on any atom is 0.138 e. The van der Waals surface area contributed by atoms with Crippen LogP contribution in [-0.4, -0.2) is 22.3 Å².